The van der Waals surface area contributed by atoms with Crippen molar-refractivity contribution in [2.24, 2.45) is 7.05 Å². The first-order valence-corrected chi connectivity index (χ1v) is 10.2. The van der Waals surface area contributed by atoms with Crippen molar-refractivity contribution in [3.63, 3.8) is 0 Å². The van der Waals surface area contributed by atoms with Gasteiger partial charge in [0.1, 0.15) is 11.3 Å². The molecule has 1 fully saturated rings. The van der Waals surface area contributed by atoms with Gasteiger partial charge in [-0.1, -0.05) is 12.1 Å². The van der Waals surface area contributed by atoms with Gasteiger partial charge in [-0.2, -0.15) is 4.31 Å². The van der Waals surface area contributed by atoms with Gasteiger partial charge in [0.2, 0.25) is 10.0 Å². The van der Waals surface area contributed by atoms with E-state index in [1.54, 1.807) is 16.6 Å². The first-order chi connectivity index (χ1) is 12.4. The summed E-state index contributed by atoms with van der Waals surface area (Å²) in [4.78, 5) is 9.48. The average molecular weight is 370 g/mol. The number of nitrogens with zero attached hydrogens (tertiary/aromatic N) is 4. The maximum Gasteiger partial charge on any atom is 0.243 e. The number of pyridine rings is 1. The first-order valence-electron chi connectivity index (χ1n) is 8.72. The third-order valence-electron chi connectivity index (χ3n) is 5.14. The zero-order chi connectivity index (χ0) is 18.5. The third-order valence-corrected chi connectivity index (χ3v) is 7.15. The van der Waals surface area contributed by atoms with Crippen molar-refractivity contribution in [1.82, 2.24) is 18.8 Å². The highest BCUT2D eigenvalue weighted by Crippen LogP contribution is 2.32. The van der Waals surface area contributed by atoms with Crippen LogP contribution in [0.1, 0.15) is 29.3 Å². The highest BCUT2D eigenvalue weighted by molar-refractivity contribution is 7.89. The van der Waals surface area contributed by atoms with Gasteiger partial charge >= 0.3 is 0 Å². The van der Waals surface area contributed by atoms with Gasteiger partial charge < -0.3 is 4.57 Å². The number of aryl methyl sites for hydroxylation is 3. The zero-order valence-corrected chi connectivity index (χ0v) is 16.0. The Hall–Kier alpha value is -2.25. The Balaban J connectivity index is 1.65. The third kappa shape index (κ3) is 2.71. The van der Waals surface area contributed by atoms with Crippen molar-refractivity contribution in [2.75, 3.05) is 13.1 Å². The molecule has 3 aromatic rings. The fourth-order valence-corrected chi connectivity index (χ4v) is 5.50. The Labute approximate surface area is 153 Å². The predicted octanol–water partition coefficient (Wildman–Crippen LogP) is 2.76. The molecule has 3 heterocycles. The Kier molecular flexibility index (Phi) is 4.08. The number of hydrogen-bond donors (Lipinski definition) is 0. The van der Waals surface area contributed by atoms with E-state index >= 15 is 0 Å². The molecule has 1 aliphatic heterocycles. The van der Waals surface area contributed by atoms with Crippen LogP contribution in [0.5, 0.6) is 0 Å². The summed E-state index contributed by atoms with van der Waals surface area (Å²) in [5.74, 6) is 0.978. The Morgan fingerprint density at radius 2 is 2.00 bits per heavy atom. The second-order valence-corrected chi connectivity index (χ2v) is 8.90. The molecule has 0 saturated carbocycles. The van der Waals surface area contributed by atoms with E-state index in [-0.39, 0.29) is 5.92 Å². The fourth-order valence-electron chi connectivity index (χ4n) is 3.69. The van der Waals surface area contributed by atoms with Crippen LogP contribution in [-0.4, -0.2) is 40.3 Å². The van der Waals surface area contributed by atoms with Gasteiger partial charge in [-0.25, -0.2) is 18.4 Å². The highest BCUT2D eigenvalue weighted by Gasteiger charge is 2.36. The van der Waals surface area contributed by atoms with E-state index in [9.17, 15) is 8.42 Å². The first kappa shape index (κ1) is 17.2. The largest absolute Gasteiger partial charge is 0.316 e. The van der Waals surface area contributed by atoms with E-state index in [1.807, 2.05) is 49.7 Å². The summed E-state index contributed by atoms with van der Waals surface area (Å²) in [7, 11) is -1.55. The van der Waals surface area contributed by atoms with Crippen LogP contribution < -0.4 is 0 Å². The lowest BCUT2D eigenvalue weighted by molar-refractivity contribution is 0.469. The molecule has 6 nitrogen and oxygen atoms in total. The Morgan fingerprint density at radius 1 is 1.19 bits per heavy atom. The molecule has 0 N–H and O–H groups in total. The van der Waals surface area contributed by atoms with Crippen LogP contribution in [0, 0.1) is 13.8 Å². The standard InChI is InChI=1S/C19H22N4O2S/c1-13-6-7-14(2)17(11-13)26(24,25)23-10-8-15(12-23)18-21-16-5-4-9-20-19(16)22(18)3/h4-7,9,11,15H,8,10,12H2,1-3H3. The number of fused-ring (bicyclic) bond motifs is 1. The molecule has 1 unspecified atom stereocenters. The summed E-state index contributed by atoms with van der Waals surface area (Å²) in [5, 5.41) is 0. The summed E-state index contributed by atoms with van der Waals surface area (Å²) in [6, 6.07) is 9.37. The van der Waals surface area contributed by atoms with Crippen molar-refractivity contribution < 1.29 is 8.42 Å². The van der Waals surface area contributed by atoms with E-state index in [2.05, 4.69) is 4.98 Å². The van der Waals surface area contributed by atoms with Crippen LogP contribution in [0.4, 0.5) is 0 Å². The van der Waals surface area contributed by atoms with Gasteiger partial charge in [-0.05, 0) is 49.6 Å². The number of sulfonamides is 1. The number of imidazole rings is 1. The molecule has 1 aromatic carbocycles. The van der Waals surface area contributed by atoms with E-state index in [0.29, 0.717) is 18.0 Å². The predicted molar refractivity (Wildman–Crippen MR) is 101 cm³/mol. The Morgan fingerprint density at radius 3 is 2.77 bits per heavy atom. The number of rotatable bonds is 3. The molecule has 0 radical (unpaired) electrons. The van der Waals surface area contributed by atoms with Gasteiger partial charge in [0.25, 0.3) is 0 Å². The fraction of sp³-hybridized carbons (Fsp3) is 0.368. The van der Waals surface area contributed by atoms with Crippen LogP contribution in [0.3, 0.4) is 0 Å². The minimum absolute atomic E-state index is 0.0779. The summed E-state index contributed by atoms with van der Waals surface area (Å²) in [6.07, 6.45) is 2.51. The van der Waals surface area contributed by atoms with Gasteiger partial charge in [0, 0.05) is 32.3 Å². The molecule has 0 bridgehead atoms. The van der Waals surface area contributed by atoms with Crippen molar-refractivity contribution in [2.45, 2.75) is 31.1 Å². The molecular formula is C19H22N4O2S. The summed E-state index contributed by atoms with van der Waals surface area (Å²) < 4.78 is 29.8. The molecule has 1 saturated heterocycles. The highest BCUT2D eigenvalue weighted by atomic mass is 32.2. The normalized spacial score (nSPS) is 18.7. The minimum Gasteiger partial charge on any atom is -0.316 e. The maximum absolute atomic E-state index is 13.1. The summed E-state index contributed by atoms with van der Waals surface area (Å²) in [5.41, 5.74) is 3.41. The monoisotopic (exact) mass is 370 g/mol. The quantitative estimate of drug-likeness (QED) is 0.711. The average Bonchev–Trinajstić information content (AvgIpc) is 3.23. The lowest BCUT2D eigenvalue weighted by Crippen LogP contribution is -2.29. The van der Waals surface area contributed by atoms with Crippen LogP contribution in [-0.2, 0) is 17.1 Å². The van der Waals surface area contributed by atoms with Gasteiger partial charge in [0.05, 0.1) is 4.90 Å². The molecule has 0 aliphatic carbocycles. The molecule has 1 aliphatic rings. The number of hydrogen-bond acceptors (Lipinski definition) is 4. The van der Waals surface area contributed by atoms with E-state index in [1.165, 1.54) is 0 Å². The summed E-state index contributed by atoms with van der Waals surface area (Å²) in [6.45, 7) is 4.72. The van der Waals surface area contributed by atoms with Crippen molar-refractivity contribution in [1.29, 1.82) is 0 Å². The second-order valence-electron chi connectivity index (χ2n) is 6.99. The van der Waals surface area contributed by atoms with Crippen LogP contribution in [0.2, 0.25) is 0 Å². The second kappa shape index (κ2) is 6.17. The van der Waals surface area contributed by atoms with Crippen molar-refractivity contribution in [3.8, 4) is 0 Å². The maximum atomic E-state index is 13.1. The number of aromatic nitrogens is 3. The molecule has 26 heavy (non-hydrogen) atoms. The Bertz CT molecular complexity index is 1090. The topological polar surface area (TPSA) is 68.1 Å². The lowest BCUT2D eigenvalue weighted by Gasteiger charge is -2.18. The molecule has 2 aromatic heterocycles. The van der Waals surface area contributed by atoms with Gasteiger partial charge in [-0.3, -0.25) is 0 Å². The molecule has 136 valence electrons. The van der Waals surface area contributed by atoms with Crippen LogP contribution >= 0.6 is 0 Å². The summed E-state index contributed by atoms with van der Waals surface area (Å²) >= 11 is 0. The van der Waals surface area contributed by atoms with Crippen LogP contribution in [0.15, 0.2) is 41.4 Å². The van der Waals surface area contributed by atoms with E-state index < -0.39 is 10.0 Å². The van der Waals surface area contributed by atoms with Gasteiger partial charge in [0.15, 0.2) is 5.65 Å². The van der Waals surface area contributed by atoms with Crippen LogP contribution in [0.25, 0.3) is 11.2 Å². The number of benzene rings is 1. The molecule has 7 heteroatoms. The van der Waals surface area contributed by atoms with Crippen molar-refractivity contribution in [3.05, 3.63) is 53.5 Å². The minimum atomic E-state index is -3.50. The SMILES string of the molecule is Cc1ccc(C)c(S(=O)(=O)N2CCC(c3nc4cccnc4n3C)C2)c1. The van der Waals surface area contributed by atoms with E-state index in [4.69, 9.17) is 4.98 Å². The zero-order valence-electron chi connectivity index (χ0n) is 15.2. The molecular weight excluding hydrogens is 348 g/mol. The van der Waals surface area contributed by atoms with Gasteiger partial charge in [-0.15, -0.1) is 0 Å². The molecule has 4 rings (SSSR count). The molecule has 1 atom stereocenters. The van der Waals surface area contributed by atoms with Crippen molar-refractivity contribution >= 4 is 21.2 Å². The lowest BCUT2D eigenvalue weighted by atomic mass is 10.1. The molecule has 0 amide bonds. The van der Waals surface area contributed by atoms with E-state index in [0.717, 1.165) is 34.5 Å². The molecule has 0 spiro atoms. The smallest absolute Gasteiger partial charge is 0.243 e.